The predicted octanol–water partition coefficient (Wildman–Crippen LogP) is 5.65. The molecule has 1 saturated carbocycles. The van der Waals surface area contributed by atoms with Crippen LogP contribution in [-0.2, 0) is 23.8 Å². The van der Waals surface area contributed by atoms with Gasteiger partial charge < -0.3 is 49.8 Å². The Morgan fingerprint density at radius 2 is 1.59 bits per heavy atom. The molecule has 5 aliphatic rings. The highest BCUT2D eigenvalue weighted by Gasteiger charge is 2.50. The van der Waals surface area contributed by atoms with Gasteiger partial charge >= 0.3 is 11.8 Å². The molecule has 9 atom stereocenters. The van der Waals surface area contributed by atoms with Crippen LogP contribution in [0.3, 0.4) is 0 Å². The van der Waals surface area contributed by atoms with E-state index in [1.165, 1.54) is 85.1 Å². The van der Waals surface area contributed by atoms with Gasteiger partial charge in [0.15, 0.2) is 5.75 Å². The van der Waals surface area contributed by atoms with E-state index in [9.17, 15) is 39.9 Å². The van der Waals surface area contributed by atoms with Crippen molar-refractivity contribution in [3.8, 4) is 23.0 Å². The Labute approximate surface area is 368 Å². The summed E-state index contributed by atoms with van der Waals surface area (Å²) < 4.78 is 23.7. The first kappa shape index (κ1) is 47.3. The van der Waals surface area contributed by atoms with Crippen LogP contribution < -0.4 is 10.1 Å². The van der Waals surface area contributed by atoms with E-state index in [2.05, 4.69) is 15.3 Å². The number of nitrogens with one attached hydrogen (secondary N) is 1. The number of ketones is 1. The number of amides is 1. The van der Waals surface area contributed by atoms with E-state index in [4.69, 9.17) is 18.9 Å². The molecule has 0 unspecified atom stereocenters. The quantitative estimate of drug-likeness (QED) is 0.0926. The average Bonchev–Trinajstić information content (AvgIpc) is 3.89. The van der Waals surface area contributed by atoms with Gasteiger partial charge in [-0.3, -0.25) is 24.3 Å². The van der Waals surface area contributed by atoms with Crippen molar-refractivity contribution in [2.24, 2.45) is 28.8 Å². The van der Waals surface area contributed by atoms with E-state index in [1.54, 1.807) is 39.8 Å². The number of piperazine rings is 1. The van der Waals surface area contributed by atoms with Crippen LogP contribution in [0, 0.1) is 30.6 Å². The standard InChI is InChI=1S/C47H64N4O12/c1-24-13-12-14-25(2)46(59)49-37-32(23-48-51-20-18-50(19-21-51)31-15-10-11-16-31)41(56)34-35(42(37)57)40(55)29(6)44-36(34)45(58)47(8,63-44)61-22-17-33(60-9)26(3)43(62-30(7)52)28(5)39(54)27(4)38(24)53/h12-14,17,22-24,26-28,31,33,38-39,43,53-57H,10-11,15-16,18-21H2,1-9H3,(H,49,59)/t24-,26+,27+,28+,33-,38-,39+,43+,47-/m0/s1. The first-order chi connectivity index (χ1) is 29.8. The number of aliphatic hydroxyl groups excluding tert-OH is 2. The number of hydrogen-bond acceptors (Lipinski definition) is 15. The molecule has 16 heteroatoms. The van der Waals surface area contributed by atoms with Gasteiger partial charge in [-0.1, -0.05) is 58.8 Å². The highest BCUT2D eigenvalue weighted by Crippen LogP contribution is 2.55. The Hall–Kier alpha value is -5.16. The number of methoxy groups -OCH3 is 1. The molecule has 2 aromatic carbocycles. The minimum atomic E-state index is -2.04. The predicted molar refractivity (Wildman–Crippen MR) is 237 cm³/mol. The second kappa shape index (κ2) is 19.3. The molecule has 344 valence electrons. The highest BCUT2D eigenvalue weighted by molar-refractivity contribution is 6.23. The molecule has 4 aliphatic heterocycles. The topological polar surface area (TPSA) is 220 Å². The first-order valence-electron chi connectivity index (χ1n) is 21.9. The number of allylic oxidation sites excluding steroid dienone is 2. The number of phenolic OH excluding ortho intramolecular Hbond substituents is 3. The molecule has 0 aromatic heterocycles. The summed E-state index contributed by atoms with van der Waals surface area (Å²) in [5.41, 5.74) is -0.293. The van der Waals surface area contributed by atoms with E-state index in [-0.39, 0.29) is 44.5 Å². The van der Waals surface area contributed by atoms with Gasteiger partial charge in [0.1, 0.15) is 23.4 Å². The number of hydrazone groups is 1. The molecule has 0 spiro atoms. The number of ether oxygens (including phenoxy) is 4. The smallest absolute Gasteiger partial charge is 0.312 e. The van der Waals surface area contributed by atoms with Gasteiger partial charge in [-0.2, -0.15) is 5.10 Å². The van der Waals surface area contributed by atoms with E-state index in [0.29, 0.717) is 19.1 Å². The first-order valence-corrected chi connectivity index (χ1v) is 21.9. The fraction of sp³-hybridized carbons (Fsp3) is 0.574. The number of benzene rings is 2. The Morgan fingerprint density at radius 3 is 2.22 bits per heavy atom. The molecule has 63 heavy (non-hydrogen) atoms. The van der Waals surface area contributed by atoms with Crippen LogP contribution in [0.1, 0.15) is 95.6 Å². The summed E-state index contributed by atoms with van der Waals surface area (Å²) in [4.78, 5) is 43.2. The average molecular weight is 877 g/mol. The zero-order valence-corrected chi connectivity index (χ0v) is 37.8. The lowest BCUT2D eigenvalue weighted by Gasteiger charge is -2.38. The Bertz CT molecular complexity index is 2190. The molecule has 16 nitrogen and oxygen atoms in total. The van der Waals surface area contributed by atoms with Gasteiger partial charge in [-0.15, -0.1) is 0 Å². The summed E-state index contributed by atoms with van der Waals surface area (Å²) in [7, 11) is 1.44. The molecule has 0 radical (unpaired) electrons. The van der Waals surface area contributed by atoms with Gasteiger partial charge in [0, 0.05) is 93.4 Å². The maximum atomic E-state index is 14.5. The molecule has 7 rings (SSSR count). The number of esters is 1. The van der Waals surface area contributed by atoms with Gasteiger partial charge in [-0.25, -0.2) is 0 Å². The number of carbonyl (C=O) groups is 3. The number of anilines is 1. The Kier molecular flexibility index (Phi) is 14.5. The lowest BCUT2D eigenvalue weighted by Crippen LogP contribution is -2.47. The van der Waals surface area contributed by atoms with Crippen molar-refractivity contribution in [1.82, 2.24) is 9.91 Å². The third-order valence-corrected chi connectivity index (χ3v) is 13.5. The van der Waals surface area contributed by atoms with Gasteiger partial charge in [0.25, 0.3) is 11.7 Å². The normalized spacial score (nSPS) is 30.5. The van der Waals surface area contributed by atoms with Crippen LogP contribution in [0.5, 0.6) is 23.0 Å². The number of hydrogen-bond donors (Lipinski definition) is 6. The Morgan fingerprint density at radius 1 is 0.921 bits per heavy atom. The second-order valence-electron chi connectivity index (χ2n) is 17.8. The van der Waals surface area contributed by atoms with E-state index >= 15 is 0 Å². The van der Waals surface area contributed by atoms with Crippen molar-refractivity contribution >= 4 is 40.3 Å². The summed E-state index contributed by atoms with van der Waals surface area (Å²) >= 11 is 0. The molecule has 2 aromatic rings. The molecular formula is C47H64N4O12. The minimum Gasteiger partial charge on any atom is -0.507 e. The lowest BCUT2D eigenvalue weighted by molar-refractivity contribution is -0.160. The summed E-state index contributed by atoms with van der Waals surface area (Å²) in [6, 6.07) is 0.553. The Balaban J connectivity index is 1.47. The van der Waals surface area contributed by atoms with Crippen LogP contribution in [0.4, 0.5) is 5.69 Å². The minimum absolute atomic E-state index is 0.0631. The molecule has 4 heterocycles. The number of phenols is 3. The SMILES string of the molecule is CO[C@H]1C=CO[C@@]2(C)Oc3c(C)c(O)c4c(O)c(c(C=NN5CCN(C6CCCC6)CC5)c(O)c4c3C2=O)NC(=O)C(C)=CC=C[C@H](C)[C@H](O)[C@@H](C)[C@@H](O)[C@@H](C)[C@H](OC(C)=O)[C@@H]1C. The van der Waals surface area contributed by atoms with E-state index in [1.807, 2.05) is 5.01 Å². The zero-order valence-electron chi connectivity index (χ0n) is 37.8. The summed E-state index contributed by atoms with van der Waals surface area (Å²) in [6.07, 6.45) is 9.75. The zero-order chi connectivity index (χ0) is 46.1. The van der Waals surface area contributed by atoms with Crippen LogP contribution in [0.25, 0.3) is 10.8 Å². The third kappa shape index (κ3) is 9.40. The fourth-order valence-corrected chi connectivity index (χ4v) is 9.47. The second-order valence-corrected chi connectivity index (χ2v) is 17.8. The van der Waals surface area contributed by atoms with E-state index < -0.39 is 88.8 Å². The maximum absolute atomic E-state index is 14.5. The number of nitrogens with zero attached hydrogens (tertiary/aromatic N) is 3. The molecule has 2 fully saturated rings. The van der Waals surface area contributed by atoms with Crippen molar-refractivity contribution in [2.45, 2.75) is 117 Å². The number of carbonyl (C=O) groups excluding carboxylic acids is 3. The van der Waals surface area contributed by atoms with Crippen molar-refractivity contribution in [2.75, 3.05) is 38.6 Å². The summed E-state index contributed by atoms with van der Waals surface area (Å²) in [6.45, 7) is 15.4. The molecule has 5 bridgehead atoms. The highest BCUT2D eigenvalue weighted by atomic mass is 16.7. The van der Waals surface area contributed by atoms with Crippen LogP contribution >= 0.6 is 0 Å². The van der Waals surface area contributed by atoms with Crippen LogP contribution in [0.2, 0.25) is 0 Å². The molecule has 1 amide bonds. The number of Topliss-reactive ketones (excluding diaryl/α,β-unsaturated/α-hetero) is 1. The van der Waals surface area contributed by atoms with Crippen LogP contribution in [-0.4, -0.2) is 129 Å². The number of rotatable bonds is 5. The van der Waals surface area contributed by atoms with Gasteiger partial charge in [-0.05, 0) is 32.8 Å². The number of fused-ring (bicyclic) bond motifs is 14. The van der Waals surface area contributed by atoms with Gasteiger partial charge in [0.05, 0.1) is 53.0 Å². The molecule has 1 aliphatic carbocycles. The van der Waals surface area contributed by atoms with Crippen molar-refractivity contribution in [3.63, 3.8) is 0 Å². The van der Waals surface area contributed by atoms with E-state index in [0.717, 1.165) is 13.1 Å². The summed E-state index contributed by atoms with van der Waals surface area (Å²) in [5.74, 6) is -8.28. The van der Waals surface area contributed by atoms with Crippen molar-refractivity contribution in [3.05, 3.63) is 52.8 Å². The third-order valence-electron chi connectivity index (χ3n) is 13.5. The van der Waals surface area contributed by atoms with Crippen LogP contribution in [0.15, 0.2) is 41.2 Å². The number of aromatic hydroxyl groups is 3. The van der Waals surface area contributed by atoms with Crippen molar-refractivity contribution < 1.29 is 58.9 Å². The number of aliphatic hydroxyl groups is 2. The fourth-order valence-electron chi connectivity index (χ4n) is 9.47. The molecule has 6 N–H and O–H groups in total. The largest absolute Gasteiger partial charge is 0.507 e. The van der Waals surface area contributed by atoms with Gasteiger partial charge in [0.2, 0.25) is 0 Å². The summed E-state index contributed by atoms with van der Waals surface area (Å²) in [5, 5.41) is 67.6. The maximum Gasteiger partial charge on any atom is 0.312 e. The molecule has 1 saturated heterocycles. The lowest BCUT2D eigenvalue weighted by atomic mass is 9.78. The molecular weight excluding hydrogens is 813 g/mol. The monoisotopic (exact) mass is 876 g/mol. The van der Waals surface area contributed by atoms with Crippen molar-refractivity contribution in [1.29, 1.82) is 0 Å².